The first-order valence-electron chi connectivity index (χ1n) is 12.8. The van der Waals surface area contributed by atoms with E-state index in [4.69, 9.17) is 19.6 Å². The number of benzene rings is 1. The number of esters is 2. The third kappa shape index (κ3) is 8.70. The van der Waals surface area contributed by atoms with Crippen molar-refractivity contribution in [3.8, 4) is 0 Å². The van der Waals surface area contributed by atoms with Crippen LogP contribution in [0.15, 0.2) is 24.3 Å². The Balaban J connectivity index is 1.42. The number of ether oxygens (including phenoxy) is 3. The normalized spacial score (nSPS) is 18.0. The van der Waals surface area contributed by atoms with Crippen LogP contribution in [0.5, 0.6) is 0 Å². The molecule has 208 valence electrons. The summed E-state index contributed by atoms with van der Waals surface area (Å²) >= 11 is 0. The van der Waals surface area contributed by atoms with Gasteiger partial charge in [-0.2, -0.15) is 0 Å². The molecular formula is C25H36N6O7. The van der Waals surface area contributed by atoms with Crippen LogP contribution in [-0.2, 0) is 23.8 Å². The molecule has 2 saturated heterocycles. The fourth-order valence-electron chi connectivity index (χ4n) is 4.20. The average molecular weight is 533 g/mol. The minimum absolute atomic E-state index is 0.152. The van der Waals surface area contributed by atoms with Crippen LogP contribution < -0.4 is 15.5 Å². The van der Waals surface area contributed by atoms with Crippen molar-refractivity contribution in [2.75, 3.05) is 70.5 Å². The Morgan fingerprint density at radius 2 is 1.63 bits per heavy atom. The summed E-state index contributed by atoms with van der Waals surface area (Å²) in [4.78, 5) is 53.3. The van der Waals surface area contributed by atoms with Gasteiger partial charge in [-0.1, -0.05) is 0 Å². The highest BCUT2D eigenvalue weighted by molar-refractivity contribution is 6.06. The second-order valence-corrected chi connectivity index (χ2v) is 8.85. The quantitative estimate of drug-likeness (QED) is 0.162. The van der Waals surface area contributed by atoms with E-state index >= 15 is 0 Å². The fraction of sp³-hybridized carbons (Fsp3) is 0.560. The number of nitrogens with zero attached hydrogens (tertiary/aromatic N) is 3. The molecule has 0 saturated carbocycles. The molecule has 2 heterocycles. The molecule has 1 aromatic carbocycles. The summed E-state index contributed by atoms with van der Waals surface area (Å²) in [7, 11) is 0. The first-order valence-corrected chi connectivity index (χ1v) is 12.8. The number of rotatable bonds is 11. The molecule has 1 aromatic rings. The summed E-state index contributed by atoms with van der Waals surface area (Å²) in [6, 6.07) is 5.93. The van der Waals surface area contributed by atoms with E-state index in [2.05, 4.69) is 20.4 Å². The highest BCUT2D eigenvalue weighted by atomic mass is 16.6. The van der Waals surface area contributed by atoms with Crippen LogP contribution in [0.2, 0.25) is 0 Å². The first-order chi connectivity index (χ1) is 18.3. The maximum absolute atomic E-state index is 12.5. The van der Waals surface area contributed by atoms with Crippen molar-refractivity contribution in [2.24, 2.45) is 0 Å². The van der Waals surface area contributed by atoms with Gasteiger partial charge in [0.25, 0.3) is 0 Å². The number of hydrogen-bond acceptors (Lipinski definition) is 10. The largest absolute Gasteiger partial charge is 0.466 e. The number of carbonyl (C=O) groups excluding carboxylic acids is 4. The van der Waals surface area contributed by atoms with E-state index in [0.717, 1.165) is 26.2 Å². The van der Waals surface area contributed by atoms with Crippen LogP contribution in [0, 0.1) is 5.41 Å². The molecular weight excluding hydrogens is 496 g/mol. The number of amidine groups is 1. The lowest BCUT2D eigenvalue weighted by atomic mass is 10.1. The highest BCUT2D eigenvalue weighted by Gasteiger charge is 2.34. The average Bonchev–Trinajstić information content (AvgIpc) is 3.27. The van der Waals surface area contributed by atoms with Crippen LogP contribution in [0.25, 0.3) is 0 Å². The Hall–Kier alpha value is -3.71. The Labute approximate surface area is 221 Å². The lowest BCUT2D eigenvalue weighted by molar-refractivity contribution is -0.143. The van der Waals surface area contributed by atoms with Crippen molar-refractivity contribution in [3.63, 3.8) is 0 Å². The number of piperazine rings is 1. The third-order valence-electron chi connectivity index (χ3n) is 6.14. The topological polar surface area (TPSA) is 154 Å². The van der Waals surface area contributed by atoms with E-state index < -0.39 is 18.1 Å². The lowest BCUT2D eigenvalue weighted by Crippen LogP contribution is -2.49. The van der Waals surface area contributed by atoms with Gasteiger partial charge in [0.1, 0.15) is 18.5 Å². The van der Waals surface area contributed by atoms with Gasteiger partial charge in [0.2, 0.25) is 0 Å². The summed E-state index contributed by atoms with van der Waals surface area (Å²) in [5.74, 6) is -0.894. The molecule has 2 aliphatic heterocycles. The van der Waals surface area contributed by atoms with Gasteiger partial charge in [0.05, 0.1) is 26.2 Å². The molecule has 0 bridgehead atoms. The maximum Gasteiger partial charge on any atom is 0.414 e. The zero-order valence-electron chi connectivity index (χ0n) is 21.9. The second-order valence-electron chi connectivity index (χ2n) is 8.85. The Morgan fingerprint density at radius 3 is 2.29 bits per heavy atom. The van der Waals surface area contributed by atoms with Gasteiger partial charge in [0.15, 0.2) is 0 Å². The van der Waals surface area contributed by atoms with Gasteiger partial charge in [-0.15, -0.1) is 0 Å². The Bertz CT molecular complexity index is 994. The number of hydrogen-bond donors (Lipinski definition) is 3. The number of amides is 3. The van der Waals surface area contributed by atoms with Gasteiger partial charge >= 0.3 is 24.1 Å². The minimum atomic E-state index is -0.696. The smallest absolute Gasteiger partial charge is 0.414 e. The van der Waals surface area contributed by atoms with Crippen molar-refractivity contribution >= 4 is 35.6 Å². The second kappa shape index (κ2) is 14.3. The molecule has 3 rings (SSSR count). The van der Waals surface area contributed by atoms with Crippen molar-refractivity contribution in [2.45, 2.75) is 26.4 Å². The Morgan fingerprint density at radius 1 is 1.00 bits per heavy atom. The molecule has 0 aliphatic carbocycles. The first kappa shape index (κ1) is 28.9. The van der Waals surface area contributed by atoms with Crippen LogP contribution in [0.1, 0.15) is 25.8 Å². The van der Waals surface area contributed by atoms with Crippen molar-refractivity contribution in [1.82, 2.24) is 20.4 Å². The van der Waals surface area contributed by atoms with E-state index in [0.29, 0.717) is 43.9 Å². The Kier molecular flexibility index (Phi) is 10.8. The van der Waals surface area contributed by atoms with Crippen molar-refractivity contribution in [1.29, 1.82) is 5.41 Å². The van der Waals surface area contributed by atoms with Crippen molar-refractivity contribution in [3.05, 3.63) is 29.8 Å². The van der Waals surface area contributed by atoms with Gasteiger partial charge < -0.3 is 24.4 Å². The third-order valence-corrected chi connectivity index (χ3v) is 6.14. The van der Waals surface area contributed by atoms with Gasteiger partial charge in [-0.05, 0) is 38.1 Å². The highest BCUT2D eigenvalue weighted by Crippen LogP contribution is 2.23. The molecule has 3 amide bonds. The predicted octanol–water partition coefficient (Wildman–Crippen LogP) is 0.770. The lowest BCUT2D eigenvalue weighted by Gasteiger charge is -2.35. The van der Waals surface area contributed by atoms with E-state index in [1.807, 2.05) is 0 Å². The molecule has 0 aromatic heterocycles. The molecule has 38 heavy (non-hydrogen) atoms. The summed E-state index contributed by atoms with van der Waals surface area (Å²) in [6.45, 7) is 8.83. The fourth-order valence-corrected chi connectivity index (χ4v) is 4.20. The van der Waals surface area contributed by atoms with E-state index in [-0.39, 0.29) is 31.1 Å². The zero-order chi connectivity index (χ0) is 27.5. The number of carbonyl (C=O) groups is 4. The summed E-state index contributed by atoms with van der Waals surface area (Å²) in [6.07, 6.45) is -0.307. The molecule has 13 nitrogen and oxygen atoms in total. The summed E-state index contributed by atoms with van der Waals surface area (Å²) < 4.78 is 15.3. The number of nitrogens with one attached hydrogen (secondary N) is 3. The van der Waals surface area contributed by atoms with Gasteiger partial charge in [0, 0.05) is 50.5 Å². The molecule has 1 unspecified atom stereocenters. The van der Waals surface area contributed by atoms with E-state index in [1.54, 1.807) is 43.0 Å². The summed E-state index contributed by atoms with van der Waals surface area (Å²) in [5, 5.41) is 12.8. The van der Waals surface area contributed by atoms with Crippen molar-refractivity contribution < 1.29 is 33.4 Å². The zero-order valence-corrected chi connectivity index (χ0v) is 21.9. The molecule has 3 N–H and O–H groups in total. The monoisotopic (exact) mass is 532 g/mol. The number of cyclic esters (lactones) is 1. The van der Waals surface area contributed by atoms with Gasteiger partial charge in [-0.3, -0.25) is 30.1 Å². The van der Waals surface area contributed by atoms with Gasteiger partial charge in [-0.25, -0.2) is 9.59 Å². The van der Waals surface area contributed by atoms with Crippen LogP contribution in [0.4, 0.5) is 15.3 Å². The molecule has 13 heteroatoms. The van der Waals surface area contributed by atoms with Crippen LogP contribution in [0.3, 0.4) is 0 Å². The minimum Gasteiger partial charge on any atom is -0.466 e. The molecule has 0 radical (unpaired) electrons. The summed E-state index contributed by atoms with van der Waals surface area (Å²) in [5.41, 5.74) is 1.06. The molecule has 1 atom stereocenters. The van der Waals surface area contributed by atoms with Crippen LogP contribution in [-0.4, -0.2) is 111 Å². The molecule has 0 spiro atoms. The van der Waals surface area contributed by atoms with Crippen LogP contribution >= 0.6 is 0 Å². The maximum atomic E-state index is 12.5. The number of urea groups is 1. The van der Waals surface area contributed by atoms with E-state index in [1.165, 1.54) is 0 Å². The molecule has 2 fully saturated rings. The predicted molar refractivity (Wildman–Crippen MR) is 138 cm³/mol. The standard InChI is InChI=1S/C25H36N6O7/c1-3-36-21(32)9-10-29-11-13-30(14-12-29)16-20-17-31(25(35)38-20)19-7-5-18(6-8-19)23(26)28-24(34)27-15-22(33)37-4-2/h5-8,20H,3-4,9-17H2,1-2H3,(H3,26,27,28,34). The number of anilines is 1. The SMILES string of the molecule is CCOC(=O)CCN1CCN(CC2CN(c3ccc(C(=N)NC(=O)NCC(=O)OCC)cc3)C(=O)O2)CC1. The van der Waals surface area contributed by atoms with E-state index in [9.17, 15) is 19.2 Å². The molecule has 2 aliphatic rings.